The van der Waals surface area contributed by atoms with Crippen LogP contribution in [0, 0.1) is 0 Å². The summed E-state index contributed by atoms with van der Waals surface area (Å²) in [5.41, 5.74) is -2.41. The summed E-state index contributed by atoms with van der Waals surface area (Å²) in [6, 6.07) is 6.51. The van der Waals surface area contributed by atoms with E-state index in [4.69, 9.17) is 4.74 Å². The van der Waals surface area contributed by atoms with Crippen molar-refractivity contribution in [1.29, 1.82) is 0 Å². The van der Waals surface area contributed by atoms with E-state index < -0.39 is 34.4 Å². The van der Waals surface area contributed by atoms with Crippen molar-refractivity contribution in [2.45, 2.75) is 39.0 Å². The third kappa shape index (κ3) is 5.19. The molecule has 1 N–H and O–H groups in total. The van der Waals surface area contributed by atoms with E-state index in [2.05, 4.69) is 15.3 Å². The Labute approximate surface area is 175 Å². The lowest BCUT2D eigenvalue weighted by atomic mass is 10.1. The molecule has 2 aromatic heterocycles. The number of rotatable bonds is 4. The zero-order valence-electron chi connectivity index (χ0n) is 17.2. The van der Waals surface area contributed by atoms with Gasteiger partial charge in [0.2, 0.25) is 0 Å². The lowest BCUT2D eigenvalue weighted by molar-refractivity contribution is -0.136. The summed E-state index contributed by atoms with van der Waals surface area (Å²) in [6.07, 6.45) is -2.45. The molecule has 3 rings (SSSR count). The molecule has 2 heterocycles. The van der Waals surface area contributed by atoms with Crippen LogP contribution in [-0.2, 0) is 17.3 Å². The number of hydrogen-bond donors (Lipinski definition) is 1. The Bertz CT molecular complexity index is 1150. The number of carbonyl (C=O) groups is 1. The molecule has 0 bridgehead atoms. The summed E-state index contributed by atoms with van der Waals surface area (Å²) in [6.45, 7) is 5.22. The highest BCUT2D eigenvalue weighted by Crippen LogP contribution is 2.33. The van der Waals surface area contributed by atoms with Gasteiger partial charge < -0.3 is 10.1 Å². The van der Waals surface area contributed by atoms with Crippen LogP contribution in [0.2, 0.25) is 0 Å². The minimum Gasteiger partial charge on any atom is -0.444 e. The summed E-state index contributed by atoms with van der Waals surface area (Å²) < 4.78 is 46.8. The molecule has 164 valence electrons. The van der Waals surface area contributed by atoms with Gasteiger partial charge >= 0.3 is 12.3 Å². The van der Waals surface area contributed by atoms with Crippen molar-refractivity contribution >= 4 is 17.0 Å². The number of amides is 1. The van der Waals surface area contributed by atoms with Crippen LogP contribution in [-0.4, -0.2) is 32.8 Å². The van der Waals surface area contributed by atoms with Crippen molar-refractivity contribution < 1.29 is 22.7 Å². The average molecular weight is 434 g/mol. The molecule has 1 aromatic carbocycles. The molecule has 0 saturated carbocycles. The van der Waals surface area contributed by atoms with Crippen LogP contribution < -0.4 is 10.9 Å². The molecule has 10 heteroatoms. The quantitative estimate of drug-likeness (QED) is 0.674. The van der Waals surface area contributed by atoms with Crippen molar-refractivity contribution in [3.8, 4) is 5.69 Å². The molecule has 0 atom stereocenters. The predicted octanol–water partition coefficient (Wildman–Crippen LogP) is 3.87. The highest BCUT2D eigenvalue weighted by atomic mass is 19.4. The fourth-order valence-electron chi connectivity index (χ4n) is 3.02. The number of alkyl carbamates (subject to hydrolysis) is 1. The number of fused-ring (bicyclic) bond motifs is 1. The van der Waals surface area contributed by atoms with Crippen molar-refractivity contribution in [1.82, 2.24) is 19.9 Å². The van der Waals surface area contributed by atoms with E-state index in [0.717, 1.165) is 10.6 Å². The summed E-state index contributed by atoms with van der Waals surface area (Å²) in [7, 11) is 0. The second-order valence-electron chi connectivity index (χ2n) is 7.76. The maximum absolute atomic E-state index is 13.5. The first-order valence-corrected chi connectivity index (χ1v) is 9.46. The van der Waals surface area contributed by atoms with Gasteiger partial charge in [-0.3, -0.25) is 14.3 Å². The number of carbonyl (C=O) groups excluding carboxylic acids is 1. The average Bonchev–Trinajstić information content (AvgIpc) is 2.66. The maximum Gasteiger partial charge on any atom is 0.417 e. The number of hydrogen-bond acceptors (Lipinski definition) is 5. The second-order valence-corrected chi connectivity index (χ2v) is 7.76. The maximum atomic E-state index is 13.5. The highest BCUT2D eigenvalue weighted by molar-refractivity contribution is 5.82. The summed E-state index contributed by atoms with van der Waals surface area (Å²) in [5.74, 6) is 0.181. The number of aromatic nitrogens is 3. The monoisotopic (exact) mass is 434 g/mol. The first-order chi connectivity index (χ1) is 14.5. The first kappa shape index (κ1) is 22.3. The fourth-order valence-corrected chi connectivity index (χ4v) is 3.02. The number of ether oxygens (including phenoxy) is 1. The van der Waals surface area contributed by atoms with Crippen molar-refractivity contribution in [3.63, 3.8) is 0 Å². The second kappa shape index (κ2) is 8.37. The van der Waals surface area contributed by atoms with Crippen molar-refractivity contribution in [2.75, 3.05) is 6.54 Å². The Kier molecular flexibility index (Phi) is 6.01. The molecule has 0 spiro atoms. The normalized spacial score (nSPS) is 12.1. The number of alkyl halides is 3. The number of pyridine rings is 1. The van der Waals surface area contributed by atoms with Crippen molar-refractivity contribution in [2.24, 2.45) is 0 Å². The van der Waals surface area contributed by atoms with Crippen LogP contribution in [0.1, 0.15) is 32.2 Å². The molecule has 0 aliphatic rings. The van der Waals surface area contributed by atoms with Gasteiger partial charge in [0, 0.05) is 19.2 Å². The largest absolute Gasteiger partial charge is 0.444 e. The number of benzene rings is 1. The molecule has 1 amide bonds. The van der Waals surface area contributed by atoms with E-state index in [9.17, 15) is 22.8 Å². The zero-order chi connectivity index (χ0) is 22.8. The Morgan fingerprint density at radius 3 is 2.52 bits per heavy atom. The Morgan fingerprint density at radius 2 is 1.90 bits per heavy atom. The molecule has 0 aliphatic carbocycles. The van der Waals surface area contributed by atoms with Gasteiger partial charge in [-0.25, -0.2) is 9.78 Å². The van der Waals surface area contributed by atoms with Crippen LogP contribution in [0.4, 0.5) is 18.0 Å². The Balaban J connectivity index is 2.07. The zero-order valence-corrected chi connectivity index (χ0v) is 17.2. The SMILES string of the molecule is CC(C)(C)OC(=O)NCCc1nc2cccc(C(F)(F)F)c2c(=O)n1-c1cccnc1. The van der Waals surface area contributed by atoms with Crippen LogP contribution in [0.5, 0.6) is 0 Å². The standard InChI is InChI=1S/C21H21F3N4O3/c1-20(2,3)31-19(30)26-11-9-16-27-15-8-4-7-14(21(22,23)24)17(15)18(29)28(16)13-6-5-10-25-12-13/h4-8,10,12H,9,11H2,1-3H3,(H,26,30). The van der Waals surface area contributed by atoms with Gasteiger partial charge in [-0.15, -0.1) is 0 Å². The number of nitrogens with zero attached hydrogens (tertiary/aromatic N) is 3. The molecular weight excluding hydrogens is 413 g/mol. The van der Waals surface area contributed by atoms with Crippen LogP contribution in [0.3, 0.4) is 0 Å². The third-order valence-electron chi connectivity index (χ3n) is 4.19. The van der Waals surface area contributed by atoms with E-state index in [1.54, 1.807) is 32.9 Å². The van der Waals surface area contributed by atoms with Gasteiger partial charge in [-0.2, -0.15) is 13.2 Å². The van der Waals surface area contributed by atoms with Gasteiger partial charge in [-0.1, -0.05) is 6.07 Å². The van der Waals surface area contributed by atoms with Gasteiger partial charge in [0.25, 0.3) is 5.56 Å². The van der Waals surface area contributed by atoms with Crippen LogP contribution in [0.15, 0.2) is 47.5 Å². The fraction of sp³-hybridized carbons (Fsp3) is 0.333. The van der Waals surface area contributed by atoms with E-state index >= 15 is 0 Å². The van der Waals surface area contributed by atoms with E-state index in [1.807, 2.05) is 0 Å². The summed E-state index contributed by atoms with van der Waals surface area (Å²) >= 11 is 0. The minimum atomic E-state index is -4.72. The molecule has 7 nitrogen and oxygen atoms in total. The van der Waals surface area contributed by atoms with Crippen LogP contribution >= 0.6 is 0 Å². The number of nitrogens with one attached hydrogen (secondary N) is 1. The van der Waals surface area contributed by atoms with Gasteiger partial charge in [-0.05, 0) is 45.0 Å². The minimum absolute atomic E-state index is 0.0616. The molecule has 31 heavy (non-hydrogen) atoms. The van der Waals surface area contributed by atoms with Gasteiger partial charge in [0.15, 0.2) is 0 Å². The van der Waals surface area contributed by atoms with Gasteiger partial charge in [0.05, 0.1) is 28.4 Å². The van der Waals surface area contributed by atoms with Gasteiger partial charge in [0.1, 0.15) is 11.4 Å². The molecule has 0 radical (unpaired) electrons. The smallest absolute Gasteiger partial charge is 0.417 e. The summed E-state index contributed by atoms with van der Waals surface area (Å²) in [5, 5.41) is 2.03. The van der Waals surface area contributed by atoms with E-state index in [-0.39, 0.29) is 30.0 Å². The molecule has 0 saturated heterocycles. The van der Waals surface area contributed by atoms with E-state index in [1.165, 1.54) is 24.5 Å². The Hall–Kier alpha value is -3.43. The summed E-state index contributed by atoms with van der Waals surface area (Å²) in [4.78, 5) is 33.3. The molecule has 0 unspecified atom stereocenters. The van der Waals surface area contributed by atoms with Crippen molar-refractivity contribution in [3.05, 3.63) is 64.5 Å². The predicted molar refractivity (Wildman–Crippen MR) is 108 cm³/mol. The molecule has 0 aliphatic heterocycles. The first-order valence-electron chi connectivity index (χ1n) is 9.46. The topological polar surface area (TPSA) is 86.1 Å². The van der Waals surface area contributed by atoms with Crippen LogP contribution in [0.25, 0.3) is 16.6 Å². The molecular formula is C21H21F3N4O3. The number of halogens is 3. The lowest BCUT2D eigenvalue weighted by Gasteiger charge is -2.20. The lowest BCUT2D eigenvalue weighted by Crippen LogP contribution is -2.34. The highest BCUT2D eigenvalue weighted by Gasteiger charge is 2.34. The molecule has 3 aromatic rings. The Morgan fingerprint density at radius 1 is 1.16 bits per heavy atom. The molecule has 0 fully saturated rings. The third-order valence-corrected chi connectivity index (χ3v) is 4.19. The van der Waals surface area contributed by atoms with E-state index in [0.29, 0.717) is 0 Å².